The van der Waals surface area contributed by atoms with Gasteiger partial charge in [0.25, 0.3) is 0 Å². The summed E-state index contributed by atoms with van der Waals surface area (Å²) < 4.78 is 5.83. The number of carbonyl (C=O) groups excluding carboxylic acids is 2. The van der Waals surface area contributed by atoms with E-state index in [4.69, 9.17) is 16.3 Å². The summed E-state index contributed by atoms with van der Waals surface area (Å²) in [5, 5.41) is 3.67. The molecule has 0 saturated heterocycles. The second-order valence-electron chi connectivity index (χ2n) is 10.4. The van der Waals surface area contributed by atoms with Gasteiger partial charge < -0.3 is 15.0 Å². The van der Waals surface area contributed by atoms with Crippen molar-refractivity contribution in [2.24, 2.45) is 0 Å². The molecule has 1 N–H and O–H groups in total. The van der Waals surface area contributed by atoms with Gasteiger partial charge in [0.05, 0.1) is 6.61 Å². The molecular formula is C31H37ClN2O3. The van der Waals surface area contributed by atoms with Crippen LogP contribution in [0.4, 0.5) is 0 Å². The second kappa shape index (κ2) is 13.3. The molecule has 0 aromatic heterocycles. The van der Waals surface area contributed by atoms with Gasteiger partial charge in [-0.2, -0.15) is 0 Å². The number of amides is 2. The third kappa shape index (κ3) is 9.58. The molecule has 1 atom stereocenters. The molecule has 0 bridgehead atoms. The Morgan fingerprint density at radius 1 is 0.946 bits per heavy atom. The molecular weight excluding hydrogens is 484 g/mol. The molecule has 0 spiro atoms. The summed E-state index contributed by atoms with van der Waals surface area (Å²) >= 11 is 6.24. The Kier molecular flexibility index (Phi) is 10.2. The van der Waals surface area contributed by atoms with Crippen LogP contribution in [0.5, 0.6) is 5.75 Å². The number of rotatable bonds is 11. The number of nitrogens with zero attached hydrogens (tertiary/aromatic N) is 1. The zero-order valence-electron chi connectivity index (χ0n) is 22.2. The third-order valence-corrected chi connectivity index (χ3v) is 6.07. The van der Waals surface area contributed by atoms with Crippen LogP contribution in [0.25, 0.3) is 0 Å². The Morgan fingerprint density at radius 2 is 1.62 bits per heavy atom. The Labute approximate surface area is 225 Å². The van der Waals surface area contributed by atoms with Crippen molar-refractivity contribution in [3.05, 3.63) is 101 Å². The monoisotopic (exact) mass is 520 g/mol. The minimum atomic E-state index is -0.675. The van der Waals surface area contributed by atoms with Crippen molar-refractivity contribution in [3.8, 4) is 5.75 Å². The van der Waals surface area contributed by atoms with E-state index in [1.54, 1.807) is 11.0 Å². The SMILES string of the molecule is Cc1ccc(OCCCC(=O)N(Cc2cccc(Cl)c2)[C@@H](Cc2ccccc2)C(=O)NC(C)(C)C)cc1. The van der Waals surface area contributed by atoms with Crippen LogP contribution in [0.3, 0.4) is 0 Å². The van der Waals surface area contributed by atoms with Crippen molar-refractivity contribution in [2.45, 2.75) is 65.1 Å². The van der Waals surface area contributed by atoms with Gasteiger partial charge in [-0.05, 0) is 69.5 Å². The largest absolute Gasteiger partial charge is 0.494 e. The topological polar surface area (TPSA) is 58.6 Å². The summed E-state index contributed by atoms with van der Waals surface area (Å²) in [4.78, 5) is 28.9. The molecule has 3 aromatic carbocycles. The standard InChI is InChI=1S/C31H37ClN2O3/c1-23-15-17-27(18-16-23)37-19-9-14-29(35)34(22-25-12-8-13-26(32)20-25)28(30(36)33-31(2,3)4)21-24-10-6-5-7-11-24/h5-8,10-13,15-18,20,28H,9,14,19,21-22H2,1-4H3,(H,33,36)/t28-/m0/s1. The van der Waals surface area contributed by atoms with Gasteiger partial charge in [-0.15, -0.1) is 0 Å². The van der Waals surface area contributed by atoms with Gasteiger partial charge in [-0.1, -0.05) is 71.8 Å². The summed E-state index contributed by atoms with van der Waals surface area (Å²) in [6, 6.07) is 24.4. The zero-order chi connectivity index (χ0) is 26.8. The normalized spacial score (nSPS) is 12.0. The van der Waals surface area contributed by atoms with Crippen LogP contribution in [-0.4, -0.2) is 34.9 Å². The highest BCUT2D eigenvalue weighted by molar-refractivity contribution is 6.30. The molecule has 0 aliphatic carbocycles. The van der Waals surface area contributed by atoms with Crippen LogP contribution in [-0.2, 0) is 22.6 Å². The molecule has 0 aliphatic heterocycles. The van der Waals surface area contributed by atoms with Gasteiger partial charge in [-0.3, -0.25) is 9.59 Å². The number of ether oxygens (including phenoxy) is 1. The minimum Gasteiger partial charge on any atom is -0.494 e. The van der Waals surface area contributed by atoms with E-state index in [-0.39, 0.29) is 24.8 Å². The van der Waals surface area contributed by atoms with E-state index in [2.05, 4.69) is 5.32 Å². The highest BCUT2D eigenvalue weighted by Crippen LogP contribution is 2.20. The fraction of sp³-hybridized carbons (Fsp3) is 0.355. The lowest BCUT2D eigenvalue weighted by atomic mass is 10.00. The molecule has 0 heterocycles. The van der Waals surface area contributed by atoms with Gasteiger partial charge in [0.2, 0.25) is 11.8 Å². The molecule has 3 rings (SSSR count). The lowest BCUT2D eigenvalue weighted by Gasteiger charge is -2.34. The second-order valence-corrected chi connectivity index (χ2v) is 10.8. The maximum atomic E-state index is 13.6. The minimum absolute atomic E-state index is 0.0996. The van der Waals surface area contributed by atoms with Crippen LogP contribution in [0.2, 0.25) is 5.02 Å². The quantitative estimate of drug-likeness (QED) is 0.299. The maximum absolute atomic E-state index is 13.6. The summed E-state index contributed by atoms with van der Waals surface area (Å²) in [6.45, 7) is 8.55. The molecule has 196 valence electrons. The van der Waals surface area contributed by atoms with E-state index in [1.165, 1.54) is 0 Å². The first kappa shape index (κ1) is 28.3. The van der Waals surface area contributed by atoms with Crippen molar-refractivity contribution >= 4 is 23.4 Å². The van der Waals surface area contributed by atoms with E-state index in [9.17, 15) is 9.59 Å². The number of halogens is 1. The molecule has 0 fully saturated rings. The molecule has 0 radical (unpaired) electrons. The van der Waals surface area contributed by atoms with Gasteiger partial charge in [0.15, 0.2) is 0 Å². The van der Waals surface area contributed by atoms with Gasteiger partial charge >= 0.3 is 0 Å². The Hall–Kier alpha value is -3.31. The van der Waals surface area contributed by atoms with Crippen LogP contribution in [0, 0.1) is 6.92 Å². The number of nitrogens with one attached hydrogen (secondary N) is 1. The number of hydrogen-bond acceptors (Lipinski definition) is 3. The summed E-state index contributed by atoms with van der Waals surface area (Å²) in [7, 11) is 0. The molecule has 37 heavy (non-hydrogen) atoms. The number of benzene rings is 3. The number of carbonyl (C=O) groups is 2. The van der Waals surface area contributed by atoms with E-state index >= 15 is 0 Å². The maximum Gasteiger partial charge on any atom is 0.243 e. The van der Waals surface area contributed by atoms with Crippen molar-refractivity contribution in [1.82, 2.24) is 10.2 Å². The van der Waals surface area contributed by atoms with Crippen molar-refractivity contribution in [2.75, 3.05) is 6.61 Å². The van der Waals surface area contributed by atoms with Crippen LogP contribution >= 0.6 is 11.6 Å². The third-order valence-electron chi connectivity index (χ3n) is 5.84. The summed E-state index contributed by atoms with van der Waals surface area (Å²) in [5.41, 5.74) is 2.59. The Morgan fingerprint density at radius 3 is 2.27 bits per heavy atom. The summed E-state index contributed by atoms with van der Waals surface area (Å²) in [6.07, 6.45) is 1.22. The van der Waals surface area contributed by atoms with Gasteiger partial charge in [0.1, 0.15) is 11.8 Å². The predicted octanol–water partition coefficient (Wildman–Crippen LogP) is 6.36. The first-order valence-electron chi connectivity index (χ1n) is 12.7. The molecule has 0 saturated carbocycles. The number of hydrogen-bond donors (Lipinski definition) is 1. The van der Waals surface area contributed by atoms with E-state index < -0.39 is 11.6 Å². The van der Waals surface area contributed by atoms with Crippen molar-refractivity contribution in [1.29, 1.82) is 0 Å². The number of aryl methyl sites for hydroxylation is 1. The molecule has 6 heteroatoms. The molecule has 5 nitrogen and oxygen atoms in total. The Balaban J connectivity index is 1.81. The van der Waals surface area contributed by atoms with E-state index in [0.29, 0.717) is 24.5 Å². The Bertz CT molecular complexity index is 1160. The fourth-order valence-corrected chi connectivity index (χ4v) is 4.24. The first-order valence-corrected chi connectivity index (χ1v) is 13.1. The molecule has 0 aliphatic rings. The summed E-state index contributed by atoms with van der Waals surface area (Å²) in [5.74, 6) is 0.500. The lowest BCUT2D eigenvalue weighted by Crippen LogP contribution is -2.54. The average molecular weight is 521 g/mol. The highest BCUT2D eigenvalue weighted by atomic mass is 35.5. The fourth-order valence-electron chi connectivity index (χ4n) is 4.03. The predicted molar refractivity (Wildman–Crippen MR) is 150 cm³/mol. The molecule has 2 amide bonds. The van der Waals surface area contributed by atoms with Gasteiger partial charge in [-0.25, -0.2) is 0 Å². The average Bonchev–Trinajstić information content (AvgIpc) is 2.84. The van der Waals surface area contributed by atoms with Crippen molar-refractivity contribution in [3.63, 3.8) is 0 Å². The zero-order valence-corrected chi connectivity index (χ0v) is 22.9. The molecule has 3 aromatic rings. The van der Waals surface area contributed by atoms with Crippen LogP contribution in [0.1, 0.15) is 50.3 Å². The van der Waals surface area contributed by atoms with E-state index in [1.807, 2.05) is 100 Å². The van der Waals surface area contributed by atoms with Crippen LogP contribution in [0.15, 0.2) is 78.9 Å². The smallest absolute Gasteiger partial charge is 0.243 e. The lowest BCUT2D eigenvalue weighted by molar-refractivity contribution is -0.142. The molecule has 0 unspecified atom stereocenters. The van der Waals surface area contributed by atoms with Crippen molar-refractivity contribution < 1.29 is 14.3 Å². The highest BCUT2D eigenvalue weighted by Gasteiger charge is 2.32. The van der Waals surface area contributed by atoms with Gasteiger partial charge in [0, 0.05) is 29.9 Å². The first-order chi connectivity index (χ1) is 17.6. The van der Waals surface area contributed by atoms with E-state index in [0.717, 1.165) is 22.4 Å². The van der Waals surface area contributed by atoms with Crippen LogP contribution < -0.4 is 10.1 Å².